The molecular formula is C16H18OS. The first-order chi connectivity index (χ1) is 8.74. The standard InChI is InChI=1S/C16H18OS/c1-11-5-10-15(18-11)16(17)14-8-6-13(7-9-14)12-3-2-4-12/h5-10,12,16-17H,2-4H2,1H3. The van der Waals surface area contributed by atoms with Gasteiger partial charge in [0.15, 0.2) is 0 Å². The smallest absolute Gasteiger partial charge is 0.113 e. The summed E-state index contributed by atoms with van der Waals surface area (Å²) in [5.41, 5.74) is 2.43. The van der Waals surface area contributed by atoms with E-state index in [1.165, 1.54) is 29.7 Å². The Morgan fingerprint density at radius 3 is 2.33 bits per heavy atom. The number of benzene rings is 1. The Bertz CT molecular complexity index is 522. The third-order valence-corrected chi connectivity index (χ3v) is 4.91. The van der Waals surface area contributed by atoms with Crippen LogP contribution < -0.4 is 0 Å². The maximum Gasteiger partial charge on any atom is 0.113 e. The predicted octanol–water partition coefficient (Wildman–Crippen LogP) is 4.41. The third kappa shape index (κ3) is 2.23. The van der Waals surface area contributed by atoms with Gasteiger partial charge in [0.1, 0.15) is 6.10 Å². The summed E-state index contributed by atoms with van der Waals surface area (Å²) in [7, 11) is 0. The second-order valence-corrected chi connectivity index (χ2v) is 6.46. The van der Waals surface area contributed by atoms with E-state index in [4.69, 9.17) is 0 Å². The zero-order valence-electron chi connectivity index (χ0n) is 10.6. The predicted molar refractivity (Wildman–Crippen MR) is 76.2 cm³/mol. The van der Waals surface area contributed by atoms with Crippen LogP contribution >= 0.6 is 11.3 Å². The molecule has 3 rings (SSSR count). The van der Waals surface area contributed by atoms with E-state index < -0.39 is 6.10 Å². The number of hydrogen-bond donors (Lipinski definition) is 1. The topological polar surface area (TPSA) is 20.2 Å². The third-order valence-electron chi connectivity index (χ3n) is 3.86. The van der Waals surface area contributed by atoms with Crippen molar-refractivity contribution in [2.75, 3.05) is 0 Å². The van der Waals surface area contributed by atoms with Gasteiger partial charge in [-0.15, -0.1) is 11.3 Å². The van der Waals surface area contributed by atoms with E-state index in [1.807, 2.05) is 6.07 Å². The molecule has 1 nitrogen and oxygen atoms in total. The Balaban J connectivity index is 1.79. The van der Waals surface area contributed by atoms with E-state index in [-0.39, 0.29) is 0 Å². The van der Waals surface area contributed by atoms with Gasteiger partial charge in [-0.1, -0.05) is 30.7 Å². The van der Waals surface area contributed by atoms with Crippen LogP contribution in [-0.2, 0) is 0 Å². The summed E-state index contributed by atoms with van der Waals surface area (Å²) in [6.45, 7) is 2.07. The van der Waals surface area contributed by atoms with E-state index in [0.717, 1.165) is 16.4 Å². The molecule has 1 aromatic carbocycles. The van der Waals surface area contributed by atoms with Crippen LogP contribution in [0.4, 0.5) is 0 Å². The van der Waals surface area contributed by atoms with Gasteiger partial charge >= 0.3 is 0 Å². The highest BCUT2D eigenvalue weighted by Crippen LogP contribution is 2.37. The minimum absolute atomic E-state index is 0.473. The van der Waals surface area contributed by atoms with Gasteiger partial charge in [-0.2, -0.15) is 0 Å². The maximum atomic E-state index is 10.3. The summed E-state index contributed by atoms with van der Waals surface area (Å²) in [6.07, 6.45) is 3.54. The second-order valence-electron chi connectivity index (χ2n) is 5.15. The van der Waals surface area contributed by atoms with Crippen molar-refractivity contribution in [2.45, 2.75) is 38.2 Å². The molecule has 1 heterocycles. The van der Waals surface area contributed by atoms with Crippen LogP contribution in [0.15, 0.2) is 36.4 Å². The lowest BCUT2D eigenvalue weighted by molar-refractivity contribution is 0.224. The first-order valence-corrected chi connectivity index (χ1v) is 7.40. The Kier molecular flexibility index (Phi) is 3.23. The summed E-state index contributed by atoms with van der Waals surface area (Å²) in [5.74, 6) is 0.764. The van der Waals surface area contributed by atoms with E-state index in [0.29, 0.717) is 0 Å². The van der Waals surface area contributed by atoms with E-state index in [2.05, 4.69) is 37.3 Å². The van der Waals surface area contributed by atoms with Gasteiger partial charge in [0.2, 0.25) is 0 Å². The summed E-state index contributed by atoms with van der Waals surface area (Å²) >= 11 is 1.67. The van der Waals surface area contributed by atoms with Crippen molar-refractivity contribution < 1.29 is 5.11 Å². The summed E-state index contributed by atoms with van der Waals surface area (Å²) < 4.78 is 0. The van der Waals surface area contributed by atoms with Crippen LogP contribution in [0.25, 0.3) is 0 Å². The van der Waals surface area contributed by atoms with Crippen molar-refractivity contribution >= 4 is 11.3 Å². The highest BCUT2D eigenvalue weighted by Gasteiger charge is 2.20. The molecule has 18 heavy (non-hydrogen) atoms. The number of thiophene rings is 1. The highest BCUT2D eigenvalue weighted by atomic mass is 32.1. The van der Waals surface area contributed by atoms with E-state index in [1.54, 1.807) is 11.3 Å². The molecule has 1 unspecified atom stereocenters. The fourth-order valence-corrected chi connectivity index (χ4v) is 3.35. The second kappa shape index (κ2) is 4.87. The molecule has 1 N–H and O–H groups in total. The Hall–Kier alpha value is -1.12. The Morgan fingerprint density at radius 1 is 1.11 bits per heavy atom. The molecule has 0 spiro atoms. The van der Waals surface area contributed by atoms with Gasteiger partial charge in [0, 0.05) is 9.75 Å². The van der Waals surface area contributed by atoms with Crippen molar-refractivity contribution in [1.29, 1.82) is 0 Å². The average Bonchev–Trinajstić information content (AvgIpc) is 2.74. The summed E-state index contributed by atoms with van der Waals surface area (Å²) in [5, 5.41) is 10.3. The van der Waals surface area contributed by atoms with Gasteiger partial charge in [-0.25, -0.2) is 0 Å². The highest BCUT2D eigenvalue weighted by molar-refractivity contribution is 7.12. The molecule has 1 fully saturated rings. The Labute approximate surface area is 112 Å². The van der Waals surface area contributed by atoms with Crippen LogP contribution in [0.2, 0.25) is 0 Å². The zero-order chi connectivity index (χ0) is 12.5. The van der Waals surface area contributed by atoms with Gasteiger partial charge in [0.05, 0.1) is 0 Å². The molecule has 2 heteroatoms. The molecule has 1 aliphatic carbocycles. The van der Waals surface area contributed by atoms with E-state index >= 15 is 0 Å². The lowest BCUT2D eigenvalue weighted by Crippen LogP contribution is -2.08. The summed E-state index contributed by atoms with van der Waals surface area (Å²) in [4.78, 5) is 2.28. The van der Waals surface area contributed by atoms with Crippen LogP contribution in [0, 0.1) is 6.92 Å². The maximum absolute atomic E-state index is 10.3. The molecule has 1 atom stereocenters. The van der Waals surface area contributed by atoms with Crippen molar-refractivity contribution in [3.63, 3.8) is 0 Å². The lowest BCUT2D eigenvalue weighted by Gasteiger charge is -2.26. The van der Waals surface area contributed by atoms with Crippen molar-refractivity contribution in [2.24, 2.45) is 0 Å². The normalized spacial score (nSPS) is 17.4. The molecule has 0 saturated heterocycles. The molecule has 2 aromatic rings. The van der Waals surface area contributed by atoms with Gasteiger partial charge < -0.3 is 5.11 Å². The summed E-state index contributed by atoms with van der Waals surface area (Å²) in [6, 6.07) is 12.6. The zero-order valence-corrected chi connectivity index (χ0v) is 11.4. The molecule has 94 valence electrons. The minimum Gasteiger partial charge on any atom is -0.383 e. The molecular weight excluding hydrogens is 240 g/mol. The molecule has 0 amide bonds. The molecule has 0 radical (unpaired) electrons. The SMILES string of the molecule is Cc1ccc(C(O)c2ccc(C3CCC3)cc2)s1. The lowest BCUT2D eigenvalue weighted by atomic mass is 9.80. The van der Waals surface area contributed by atoms with Crippen LogP contribution in [0.3, 0.4) is 0 Å². The molecule has 1 aromatic heterocycles. The van der Waals surface area contributed by atoms with Gasteiger partial charge in [-0.3, -0.25) is 0 Å². The average molecular weight is 258 g/mol. The molecule has 0 aliphatic heterocycles. The number of aliphatic hydroxyl groups is 1. The van der Waals surface area contributed by atoms with Crippen molar-refractivity contribution in [3.05, 3.63) is 57.3 Å². The van der Waals surface area contributed by atoms with Crippen molar-refractivity contribution in [3.8, 4) is 0 Å². The first kappa shape index (κ1) is 11.9. The molecule has 1 aliphatic rings. The number of rotatable bonds is 3. The number of hydrogen-bond acceptors (Lipinski definition) is 2. The number of aliphatic hydroxyl groups excluding tert-OH is 1. The first-order valence-electron chi connectivity index (χ1n) is 6.58. The quantitative estimate of drug-likeness (QED) is 0.864. The molecule has 1 saturated carbocycles. The largest absolute Gasteiger partial charge is 0.383 e. The monoisotopic (exact) mass is 258 g/mol. The van der Waals surface area contributed by atoms with Gasteiger partial charge in [-0.05, 0) is 48.9 Å². The van der Waals surface area contributed by atoms with Crippen LogP contribution in [-0.4, -0.2) is 5.11 Å². The Morgan fingerprint density at radius 2 is 1.83 bits per heavy atom. The van der Waals surface area contributed by atoms with E-state index in [9.17, 15) is 5.11 Å². The molecule has 0 bridgehead atoms. The number of aryl methyl sites for hydroxylation is 1. The van der Waals surface area contributed by atoms with Crippen LogP contribution in [0.5, 0.6) is 0 Å². The fourth-order valence-electron chi connectivity index (χ4n) is 2.46. The van der Waals surface area contributed by atoms with Crippen LogP contribution in [0.1, 0.15) is 52.2 Å². The van der Waals surface area contributed by atoms with Gasteiger partial charge in [0.25, 0.3) is 0 Å². The van der Waals surface area contributed by atoms with Crippen molar-refractivity contribution in [1.82, 2.24) is 0 Å². The fraction of sp³-hybridized carbons (Fsp3) is 0.375. The minimum atomic E-state index is -0.473.